The molecule has 2 N–H and O–H groups in total. The van der Waals surface area contributed by atoms with Crippen molar-refractivity contribution in [2.75, 3.05) is 18.0 Å². The summed E-state index contributed by atoms with van der Waals surface area (Å²) >= 11 is 0. The Morgan fingerprint density at radius 1 is 1.46 bits per heavy atom. The van der Waals surface area contributed by atoms with Gasteiger partial charge in [-0.2, -0.15) is 5.26 Å². The molecule has 1 aliphatic rings. The summed E-state index contributed by atoms with van der Waals surface area (Å²) in [6, 6.07) is 2.17. The molecule has 2 rings (SSSR count). The highest BCUT2D eigenvalue weighted by atomic mass is 15.3. The lowest BCUT2D eigenvalue weighted by molar-refractivity contribution is 0.514. The van der Waals surface area contributed by atoms with E-state index >= 15 is 0 Å². The lowest BCUT2D eigenvalue weighted by Gasteiger charge is -2.37. The fourth-order valence-electron chi connectivity index (χ4n) is 1.24. The molecule has 0 radical (unpaired) electrons. The third kappa shape index (κ3) is 1.44. The molecule has 1 aliphatic heterocycles. The highest BCUT2D eigenvalue weighted by molar-refractivity contribution is 5.41. The van der Waals surface area contributed by atoms with E-state index in [2.05, 4.69) is 9.97 Å². The predicted molar refractivity (Wildman–Crippen MR) is 46.9 cm³/mol. The average Bonchev–Trinajstić information content (AvgIpc) is 2.13. The van der Waals surface area contributed by atoms with Gasteiger partial charge < -0.3 is 10.6 Å². The summed E-state index contributed by atoms with van der Waals surface area (Å²) < 4.78 is 0. The topological polar surface area (TPSA) is 78.8 Å². The van der Waals surface area contributed by atoms with Crippen molar-refractivity contribution in [1.29, 1.82) is 5.26 Å². The normalized spacial score (nSPS) is 16.5. The monoisotopic (exact) mass is 175 g/mol. The maximum Gasteiger partial charge on any atom is 0.158 e. The van der Waals surface area contributed by atoms with E-state index in [4.69, 9.17) is 11.0 Å². The van der Waals surface area contributed by atoms with Crippen LogP contribution in [0.25, 0.3) is 0 Å². The summed E-state index contributed by atoms with van der Waals surface area (Å²) in [5, 5.41) is 8.49. The summed E-state index contributed by atoms with van der Waals surface area (Å²) in [6.45, 7) is 1.64. The second-order valence-corrected chi connectivity index (χ2v) is 3.04. The zero-order valence-corrected chi connectivity index (χ0v) is 7.01. The molecule has 1 saturated heterocycles. The number of aromatic nitrogens is 2. The van der Waals surface area contributed by atoms with E-state index in [1.54, 1.807) is 6.20 Å². The fourth-order valence-corrected chi connectivity index (χ4v) is 1.24. The molecule has 2 heterocycles. The van der Waals surface area contributed by atoms with Crippen molar-refractivity contribution in [3.63, 3.8) is 0 Å². The van der Waals surface area contributed by atoms with Crippen molar-refractivity contribution in [3.05, 3.63) is 18.1 Å². The van der Waals surface area contributed by atoms with Crippen LogP contribution in [-0.2, 0) is 0 Å². The molecule has 0 aromatic carbocycles. The molecule has 1 fully saturated rings. The molecule has 0 unspecified atom stereocenters. The van der Waals surface area contributed by atoms with Crippen molar-refractivity contribution in [2.45, 2.75) is 6.04 Å². The molecule has 0 saturated carbocycles. The van der Waals surface area contributed by atoms with Crippen LogP contribution in [0.1, 0.15) is 5.69 Å². The van der Waals surface area contributed by atoms with Gasteiger partial charge in [-0.3, -0.25) is 0 Å². The van der Waals surface area contributed by atoms with Gasteiger partial charge in [-0.15, -0.1) is 0 Å². The van der Waals surface area contributed by atoms with Crippen LogP contribution < -0.4 is 10.6 Å². The molecule has 0 atom stereocenters. The van der Waals surface area contributed by atoms with Crippen LogP contribution in [0.15, 0.2) is 12.4 Å². The first kappa shape index (κ1) is 7.95. The minimum absolute atomic E-state index is 0.248. The largest absolute Gasteiger partial charge is 0.352 e. The Labute approximate surface area is 75.8 Å². The zero-order chi connectivity index (χ0) is 9.26. The van der Waals surface area contributed by atoms with Gasteiger partial charge in [0, 0.05) is 19.1 Å². The molecule has 0 amide bonds. The molecule has 13 heavy (non-hydrogen) atoms. The van der Waals surface area contributed by atoms with Crippen LogP contribution in [0.3, 0.4) is 0 Å². The number of hydrogen-bond donors (Lipinski definition) is 1. The van der Waals surface area contributed by atoms with Gasteiger partial charge in [-0.25, -0.2) is 9.97 Å². The van der Waals surface area contributed by atoms with E-state index in [1.165, 1.54) is 6.20 Å². The van der Waals surface area contributed by atoms with Crippen LogP contribution >= 0.6 is 0 Å². The van der Waals surface area contributed by atoms with E-state index in [0.717, 1.165) is 18.9 Å². The third-order valence-corrected chi connectivity index (χ3v) is 1.99. The Bertz CT molecular complexity index is 333. The van der Waals surface area contributed by atoms with Crippen LogP contribution in [0.2, 0.25) is 0 Å². The standard InChI is InChI=1S/C8H9N5/c9-1-7-2-12-8(3-11-7)13-4-6(10)5-13/h2-3,6H,4-5,10H2. The molecule has 0 spiro atoms. The van der Waals surface area contributed by atoms with Crippen molar-refractivity contribution in [1.82, 2.24) is 9.97 Å². The maximum absolute atomic E-state index is 8.49. The molecule has 5 nitrogen and oxygen atoms in total. The summed E-state index contributed by atoms with van der Waals surface area (Å²) in [5.74, 6) is 0.792. The minimum atomic E-state index is 0.248. The Balaban J connectivity index is 2.11. The number of rotatable bonds is 1. The van der Waals surface area contributed by atoms with Gasteiger partial charge in [0.05, 0.1) is 12.4 Å². The van der Waals surface area contributed by atoms with Gasteiger partial charge in [0.15, 0.2) is 5.69 Å². The first-order chi connectivity index (χ1) is 6.29. The first-order valence-electron chi connectivity index (χ1n) is 4.02. The highest BCUT2D eigenvalue weighted by Gasteiger charge is 2.24. The molecule has 66 valence electrons. The quantitative estimate of drug-likeness (QED) is 0.622. The second-order valence-electron chi connectivity index (χ2n) is 3.04. The van der Waals surface area contributed by atoms with E-state index in [0.29, 0.717) is 5.69 Å². The van der Waals surface area contributed by atoms with Crippen molar-refractivity contribution >= 4 is 5.82 Å². The molecule has 1 aromatic rings. The molecular weight excluding hydrogens is 166 g/mol. The van der Waals surface area contributed by atoms with E-state index in [-0.39, 0.29) is 6.04 Å². The van der Waals surface area contributed by atoms with Gasteiger partial charge in [-0.05, 0) is 0 Å². The Kier molecular flexibility index (Phi) is 1.83. The Morgan fingerprint density at radius 3 is 2.69 bits per heavy atom. The second kappa shape index (κ2) is 2.99. The van der Waals surface area contributed by atoms with Gasteiger partial charge in [0.1, 0.15) is 11.9 Å². The first-order valence-corrected chi connectivity index (χ1v) is 4.02. The predicted octanol–water partition coefficient (Wildman–Crippen LogP) is -0.504. The number of nitrogens with zero attached hydrogens (tertiary/aromatic N) is 4. The van der Waals surface area contributed by atoms with Crippen molar-refractivity contribution in [3.8, 4) is 6.07 Å². The zero-order valence-electron chi connectivity index (χ0n) is 7.01. The SMILES string of the molecule is N#Cc1cnc(N2CC(N)C2)cn1. The summed E-state index contributed by atoms with van der Waals surface area (Å²) in [6.07, 6.45) is 3.07. The maximum atomic E-state index is 8.49. The summed E-state index contributed by atoms with van der Waals surface area (Å²) in [4.78, 5) is 10.0. The van der Waals surface area contributed by atoms with Gasteiger partial charge in [0.2, 0.25) is 0 Å². The molecule has 1 aromatic heterocycles. The molecule has 0 bridgehead atoms. The minimum Gasteiger partial charge on any atom is -0.352 e. The van der Waals surface area contributed by atoms with E-state index in [1.807, 2.05) is 11.0 Å². The van der Waals surface area contributed by atoms with Crippen LogP contribution in [0.4, 0.5) is 5.82 Å². The third-order valence-electron chi connectivity index (χ3n) is 1.99. The molecule has 5 heteroatoms. The van der Waals surface area contributed by atoms with E-state index < -0.39 is 0 Å². The molecule has 0 aliphatic carbocycles. The van der Waals surface area contributed by atoms with Crippen LogP contribution in [-0.4, -0.2) is 29.1 Å². The van der Waals surface area contributed by atoms with Gasteiger partial charge in [-0.1, -0.05) is 0 Å². The average molecular weight is 175 g/mol. The fraction of sp³-hybridized carbons (Fsp3) is 0.375. The number of hydrogen-bond acceptors (Lipinski definition) is 5. The lowest BCUT2D eigenvalue weighted by atomic mass is 10.1. The van der Waals surface area contributed by atoms with Crippen molar-refractivity contribution < 1.29 is 0 Å². The smallest absolute Gasteiger partial charge is 0.158 e. The Morgan fingerprint density at radius 2 is 2.23 bits per heavy atom. The summed E-state index contributed by atoms with van der Waals surface area (Å²) in [5.41, 5.74) is 5.96. The van der Waals surface area contributed by atoms with Crippen LogP contribution in [0, 0.1) is 11.3 Å². The van der Waals surface area contributed by atoms with Gasteiger partial charge >= 0.3 is 0 Å². The lowest BCUT2D eigenvalue weighted by Crippen LogP contribution is -2.56. The molecular formula is C8H9N5. The van der Waals surface area contributed by atoms with E-state index in [9.17, 15) is 0 Å². The highest BCUT2D eigenvalue weighted by Crippen LogP contribution is 2.15. The van der Waals surface area contributed by atoms with Crippen LogP contribution in [0.5, 0.6) is 0 Å². The summed E-state index contributed by atoms with van der Waals surface area (Å²) in [7, 11) is 0. The van der Waals surface area contributed by atoms with Crippen molar-refractivity contribution in [2.24, 2.45) is 5.73 Å². The Hall–Kier alpha value is -1.67. The van der Waals surface area contributed by atoms with Gasteiger partial charge in [0.25, 0.3) is 0 Å². The number of nitrogens with two attached hydrogens (primary N) is 1. The number of anilines is 1. The number of nitriles is 1.